The molecule has 0 saturated heterocycles. The van der Waals surface area contributed by atoms with Crippen molar-refractivity contribution >= 4 is 39.1 Å². The normalized spacial score (nSPS) is 11.1. The van der Waals surface area contributed by atoms with Gasteiger partial charge in [0.2, 0.25) is 0 Å². The SMILES string of the molecule is Cc1ccc(C(=O)COC(=O)c2cc(S(=O)(=O)N(C)c3ccc(F)cc3)ccc2Cl)cc1. The molecule has 0 N–H and O–H groups in total. The van der Waals surface area contributed by atoms with Crippen LogP contribution in [0.4, 0.5) is 10.1 Å². The van der Waals surface area contributed by atoms with Crippen LogP contribution in [0.25, 0.3) is 0 Å². The van der Waals surface area contributed by atoms with Gasteiger partial charge in [0.1, 0.15) is 5.82 Å². The van der Waals surface area contributed by atoms with E-state index in [1.165, 1.54) is 31.3 Å². The molecule has 3 rings (SSSR count). The molecule has 166 valence electrons. The van der Waals surface area contributed by atoms with E-state index >= 15 is 0 Å². The Morgan fingerprint density at radius 1 is 1.00 bits per heavy atom. The third kappa shape index (κ3) is 5.15. The highest BCUT2D eigenvalue weighted by Gasteiger charge is 2.24. The lowest BCUT2D eigenvalue weighted by atomic mass is 10.1. The predicted octanol–water partition coefficient (Wildman–Crippen LogP) is 4.65. The monoisotopic (exact) mass is 475 g/mol. The van der Waals surface area contributed by atoms with E-state index < -0.39 is 34.2 Å². The zero-order valence-electron chi connectivity index (χ0n) is 17.2. The number of Topliss-reactive ketones (excluding diaryl/α,β-unsaturated/α-hetero) is 1. The Morgan fingerprint density at radius 2 is 1.62 bits per heavy atom. The number of aryl methyl sites for hydroxylation is 1. The average Bonchev–Trinajstić information content (AvgIpc) is 2.78. The van der Waals surface area contributed by atoms with E-state index in [0.717, 1.165) is 28.1 Å². The molecule has 32 heavy (non-hydrogen) atoms. The van der Waals surface area contributed by atoms with E-state index in [1.807, 2.05) is 6.92 Å². The van der Waals surface area contributed by atoms with E-state index in [-0.39, 0.29) is 21.2 Å². The van der Waals surface area contributed by atoms with Crippen LogP contribution in [-0.2, 0) is 14.8 Å². The van der Waals surface area contributed by atoms with E-state index in [1.54, 1.807) is 24.3 Å². The standard InChI is InChI=1S/C23H19ClFNO5S/c1-15-3-5-16(6-4-15)22(27)14-31-23(28)20-13-19(11-12-21(20)24)32(29,30)26(2)18-9-7-17(25)8-10-18/h3-13H,14H2,1-2H3. The number of carbonyl (C=O) groups excluding carboxylic acids is 2. The van der Waals surface area contributed by atoms with Crippen molar-refractivity contribution in [3.8, 4) is 0 Å². The molecule has 0 aromatic heterocycles. The van der Waals surface area contributed by atoms with E-state index in [0.29, 0.717) is 5.56 Å². The highest BCUT2D eigenvalue weighted by molar-refractivity contribution is 7.92. The number of benzene rings is 3. The molecule has 0 unspecified atom stereocenters. The van der Waals surface area contributed by atoms with Crippen LogP contribution in [0.15, 0.2) is 71.6 Å². The van der Waals surface area contributed by atoms with Gasteiger partial charge in [0, 0.05) is 12.6 Å². The van der Waals surface area contributed by atoms with Gasteiger partial charge in [0.05, 0.1) is 21.2 Å². The summed E-state index contributed by atoms with van der Waals surface area (Å²) in [4.78, 5) is 24.5. The largest absolute Gasteiger partial charge is 0.454 e. The lowest BCUT2D eigenvalue weighted by Gasteiger charge is -2.20. The van der Waals surface area contributed by atoms with Crippen molar-refractivity contribution in [3.63, 3.8) is 0 Å². The number of hydrogen-bond acceptors (Lipinski definition) is 5. The summed E-state index contributed by atoms with van der Waals surface area (Å²) in [6.07, 6.45) is 0. The number of rotatable bonds is 7. The van der Waals surface area contributed by atoms with Crippen LogP contribution in [0.5, 0.6) is 0 Å². The minimum Gasteiger partial charge on any atom is -0.454 e. The molecule has 0 aliphatic carbocycles. The first-order valence-electron chi connectivity index (χ1n) is 9.40. The molecule has 0 aliphatic heterocycles. The second-order valence-corrected chi connectivity index (χ2v) is 9.33. The summed E-state index contributed by atoms with van der Waals surface area (Å²) in [5.74, 6) is -1.84. The van der Waals surface area contributed by atoms with Crippen LogP contribution in [-0.4, -0.2) is 33.8 Å². The maximum absolute atomic E-state index is 13.2. The maximum Gasteiger partial charge on any atom is 0.340 e. The van der Waals surface area contributed by atoms with Gasteiger partial charge in [0.15, 0.2) is 12.4 Å². The number of esters is 1. The first kappa shape index (κ1) is 23.4. The lowest BCUT2D eigenvalue weighted by Crippen LogP contribution is -2.26. The first-order valence-corrected chi connectivity index (χ1v) is 11.2. The van der Waals surface area contributed by atoms with Gasteiger partial charge in [-0.1, -0.05) is 41.4 Å². The van der Waals surface area contributed by atoms with Gasteiger partial charge in [-0.3, -0.25) is 9.10 Å². The minimum absolute atomic E-state index is 0.0267. The number of halogens is 2. The van der Waals surface area contributed by atoms with Crippen LogP contribution >= 0.6 is 11.6 Å². The molecule has 6 nitrogen and oxygen atoms in total. The summed E-state index contributed by atoms with van der Waals surface area (Å²) in [6, 6.07) is 15.2. The van der Waals surface area contributed by atoms with Crippen LogP contribution in [0, 0.1) is 12.7 Å². The molecule has 0 aliphatic rings. The fourth-order valence-electron chi connectivity index (χ4n) is 2.80. The summed E-state index contributed by atoms with van der Waals surface area (Å²) in [6.45, 7) is 1.36. The topological polar surface area (TPSA) is 80.8 Å². The fraction of sp³-hybridized carbons (Fsp3) is 0.130. The molecule has 0 saturated carbocycles. The van der Waals surface area contributed by atoms with Crippen molar-refractivity contribution in [3.05, 3.63) is 94.3 Å². The molecular formula is C23H19ClFNO5S. The molecule has 0 spiro atoms. The highest BCUT2D eigenvalue weighted by atomic mass is 35.5. The molecule has 0 fully saturated rings. The van der Waals surface area contributed by atoms with E-state index in [4.69, 9.17) is 16.3 Å². The molecule has 0 heterocycles. The summed E-state index contributed by atoms with van der Waals surface area (Å²) in [5, 5.41) is -0.0267. The van der Waals surface area contributed by atoms with Crippen molar-refractivity contribution in [2.45, 2.75) is 11.8 Å². The van der Waals surface area contributed by atoms with Crippen molar-refractivity contribution in [2.75, 3.05) is 18.0 Å². The van der Waals surface area contributed by atoms with Gasteiger partial charge in [-0.25, -0.2) is 17.6 Å². The molecule has 3 aromatic rings. The van der Waals surface area contributed by atoms with Crippen LogP contribution in [0.2, 0.25) is 5.02 Å². The second kappa shape index (κ2) is 9.50. The molecule has 0 atom stereocenters. The van der Waals surface area contributed by atoms with Crippen molar-refractivity contribution in [1.82, 2.24) is 0 Å². The van der Waals surface area contributed by atoms with Gasteiger partial charge in [-0.2, -0.15) is 0 Å². The van der Waals surface area contributed by atoms with Crippen LogP contribution < -0.4 is 4.31 Å². The van der Waals surface area contributed by atoms with E-state index in [2.05, 4.69) is 0 Å². The van der Waals surface area contributed by atoms with Gasteiger partial charge in [0.25, 0.3) is 10.0 Å². The molecule has 3 aromatic carbocycles. The van der Waals surface area contributed by atoms with Gasteiger partial charge >= 0.3 is 5.97 Å². The Bertz CT molecular complexity index is 1260. The molecule has 0 bridgehead atoms. The lowest BCUT2D eigenvalue weighted by molar-refractivity contribution is 0.0474. The van der Waals surface area contributed by atoms with Gasteiger partial charge < -0.3 is 4.74 Å². The first-order chi connectivity index (χ1) is 15.1. The van der Waals surface area contributed by atoms with Crippen molar-refractivity contribution in [1.29, 1.82) is 0 Å². The van der Waals surface area contributed by atoms with Gasteiger partial charge in [-0.15, -0.1) is 0 Å². The number of hydrogen-bond donors (Lipinski definition) is 0. The van der Waals surface area contributed by atoms with Crippen molar-refractivity contribution in [2.24, 2.45) is 0 Å². The number of ether oxygens (including phenoxy) is 1. The molecule has 9 heteroatoms. The highest BCUT2D eigenvalue weighted by Crippen LogP contribution is 2.26. The average molecular weight is 476 g/mol. The number of sulfonamides is 1. The molecule has 0 amide bonds. The summed E-state index contributed by atoms with van der Waals surface area (Å²) >= 11 is 6.07. The Kier molecular flexibility index (Phi) is 6.96. The number of nitrogens with zero attached hydrogens (tertiary/aromatic N) is 1. The minimum atomic E-state index is -4.08. The summed E-state index contributed by atoms with van der Waals surface area (Å²) in [5.41, 5.74) is 1.40. The quantitative estimate of drug-likeness (QED) is 0.367. The number of anilines is 1. The van der Waals surface area contributed by atoms with Gasteiger partial charge in [-0.05, 0) is 49.4 Å². The zero-order chi connectivity index (χ0) is 23.5. The third-order valence-electron chi connectivity index (χ3n) is 4.71. The Balaban J connectivity index is 1.79. The maximum atomic E-state index is 13.2. The predicted molar refractivity (Wildman–Crippen MR) is 119 cm³/mol. The zero-order valence-corrected chi connectivity index (χ0v) is 18.8. The number of carbonyl (C=O) groups is 2. The molecular weight excluding hydrogens is 457 g/mol. The van der Waals surface area contributed by atoms with Crippen LogP contribution in [0.3, 0.4) is 0 Å². The second-order valence-electron chi connectivity index (χ2n) is 6.96. The smallest absolute Gasteiger partial charge is 0.340 e. The van der Waals surface area contributed by atoms with E-state index in [9.17, 15) is 22.4 Å². The van der Waals surface area contributed by atoms with Crippen LogP contribution in [0.1, 0.15) is 26.3 Å². The van der Waals surface area contributed by atoms with Crippen molar-refractivity contribution < 1.29 is 27.1 Å². The Morgan fingerprint density at radius 3 is 2.25 bits per heavy atom. The molecule has 0 radical (unpaired) electrons. The number of ketones is 1. The Labute approximate surface area is 190 Å². The summed E-state index contributed by atoms with van der Waals surface area (Å²) < 4.78 is 45.1. The third-order valence-corrected chi connectivity index (χ3v) is 6.83. The fourth-order valence-corrected chi connectivity index (χ4v) is 4.22. The summed E-state index contributed by atoms with van der Waals surface area (Å²) in [7, 11) is -2.78. The Hall–Kier alpha value is -3.23.